The number of nitrogen functional groups attached to an aromatic ring is 1. The molecule has 1 aromatic carbocycles. The number of benzene rings is 1. The maximum absolute atomic E-state index is 5.88. The topological polar surface area (TPSA) is 38.5 Å². The monoisotopic (exact) mass is 260 g/mol. The summed E-state index contributed by atoms with van der Waals surface area (Å²) in [6.07, 6.45) is 5.30. The lowest BCUT2D eigenvalue weighted by molar-refractivity contribution is -0.00753. The molecule has 0 saturated carbocycles. The van der Waals surface area contributed by atoms with Gasteiger partial charge in [0.25, 0.3) is 0 Å². The second-order valence-corrected chi connectivity index (χ2v) is 5.73. The summed E-state index contributed by atoms with van der Waals surface area (Å²) in [5.74, 6) is 0. The van der Waals surface area contributed by atoms with E-state index in [4.69, 9.17) is 10.5 Å². The molecule has 3 heteroatoms. The van der Waals surface area contributed by atoms with Gasteiger partial charge in [0.2, 0.25) is 0 Å². The molecule has 2 aliphatic rings. The molecule has 0 spiro atoms. The number of hydrogen-bond acceptors (Lipinski definition) is 3. The van der Waals surface area contributed by atoms with Gasteiger partial charge in [-0.25, -0.2) is 0 Å². The van der Waals surface area contributed by atoms with Gasteiger partial charge in [0.15, 0.2) is 0 Å². The summed E-state index contributed by atoms with van der Waals surface area (Å²) in [4.78, 5) is 2.62. The first-order chi connectivity index (χ1) is 9.28. The van der Waals surface area contributed by atoms with Crippen molar-refractivity contribution in [2.45, 2.75) is 44.8 Å². The Kier molecular flexibility index (Phi) is 3.76. The number of nitrogens with two attached hydrogens (primary N) is 1. The van der Waals surface area contributed by atoms with Crippen LogP contribution in [-0.2, 0) is 11.2 Å². The van der Waals surface area contributed by atoms with Gasteiger partial charge in [-0.2, -0.15) is 0 Å². The minimum atomic E-state index is 0.427. The lowest BCUT2D eigenvalue weighted by atomic mass is 10.0. The van der Waals surface area contributed by atoms with Crippen LogP contribution < -0.4 is 5.73 Å². The minimum Gasteiger partial charge on any atom is -0.399 e. The van der Waals surface area contributed by atoms with Gasteiger partial charge in [0.05, 0.1) is 6.10 Å². The number of aryl methyl sites for hydroxylation is 1. The summed E-state index contributed by atoms with van der Waals surface area (Å²) in [5.41, 5.74) is 9.72. The molecular weight excluding hydrogens is 236 g/mol. The van der Waals surface area contributed by atoms with E-state index in [9.17, 15) is 0 Å². The standard InChI is InChI=1S/C16H24N2O/c1-2-19-14-4-3-9-18(11-14)16-8-5-12-10-13(17)6-7-15(12)16/h6-7,10,14,16H,2-5,8-9,11,17H2,1H3. The zero-order valence-corrected chi connectivity index (χ0v) is 11.8. The summed E-state index contributed by atoms with van der Waals surface area (Å²) < 4.78 is 5.82. The Morgan fingerprint density at radius 3 is 3.11 bits per heavy atom. The van der Waals surface area contributed by atoms with Crippen LogP contribution in [0.3, 0.4) is 0 Å². The van der Waals surface area contributed by atoms with Crippen molar-refractivity contribution in [1.82, 2.24) is 4.90 Å². The maximum Gasteiger partial charge on any atom is 0.0702 e. The largest absolute Gasteiger partial charge is 0.399 e. The molecule has 2 atom stereocenters. The van der Waals surface area contributed by atoms with Crippen LogP contribution in [-0.4, -0.2) is 30.7 Å². The number of ether oxygens (including phenoxy) is 1. The molecule has 19 heavy (non-hydrogen) atoms. The Bertz CT molecular complexity index is 444. The summed E-state index contributed by atoms with van der Waals surface area (Å²) >= 11 is 0. The molecule has 3 nitrogen and oxygen atoms in total. The molecular formula is C16H24N2O. The molecule has 104 valence electrons. The number of hydrogen-bond donors (Lipinski definition) is 1. The number of fused-ring (bicyclic) bond motifs is 1. The Balaban J connectivity index is 1.74. The van der Waals surface area contributed by atoms with Gasteiger partial charge >= 0.3 is 0 Å². The zero-order chi connectivity index (χ0) is 13.2. The van der Waals surface area contributed by atoms with Crippen LogP contribution in [0.1, 0.15) is 43.4 Å². The van der Waals surface area contributed by atoms with Crippen molar-refractivity contribution < 1.29 is 4.74 Å². The van der Waals surface area contributed by atoms with Crippen molar-refractivity contribution in [2.75, 3.05) is 25.4 Å². The van der Waals surface area contributed by atoms with Crippen LogP contribution in [0.5, 0.6) is 0 Å². The molecule has 1 aliphatic heterocycles. The van der Waals surface area contributed by atoms with Gasteiger partial charge in [0.1, 0.15) is 0 Å². The Labute approximate surface area is 115 Å². The fourth-order valence-corrected chi connectivity index (χ4v) is 3.62. The summed E-state index contributed by atoms with van der Waals surface area (Å²) in [7, 11) is 0. The van der Waals surface area contributed by atoms with Crippen molar-refractivity contribution in [3.63, 3.8) is 0 Å². The Hall–Kier alpha value is -1.06. The van der Waals surface area contributed by atoms with E-state index in [1.54, 1.807) is 0 Å². The first-order valence-corrected chi connectivity index (χ1v) is 7.52. The van der Waals surface area contributed by atoms with Crippen molar-refractivity contribution in [3.05, 3.63) is 29.3 Å². The van der Waals surface area contributed by atoms with E-state index in [1.807, 2.05) is 6.07 Å². The normalized spacial score (nSPS) is 27.4. The third-order valence-electron chi connectivity index (χ3n) is 4.47. The first-order valence-electron chi connectivity index (χ1n) is 7.52. The van der Waals surface area contributed by atoms with Gasteiger partial charge in [-0.3, -0.25) is 4.90 Å². The van der Waals surface area contributed by atoms with Gasteiger partial charge in [0, 0.05) is 24.9 Å². The highest BCUT2D eigenvalue weighted by Gasteiger charge is 2.31. The lowest BCUT2D eigenvalue weighted by Gasteiger charge is -2.37. The van der Waals surface area contributed by atoms with Crippen LogP contribution in [0.15, 0.2) is 18.2 Å². The van der Waals surface area contributed by atoms with E-state index in [1.165, 1.54) is 43.4 Å². The van der Waals surface area contributed by atoms with E-state index >= 15 is 0 Å². The second kappa shape index (κ2) is 5.51. The first kappa shape index (κ1) is 12.9. The molecule has 0 bridgehead atoms. The van der Waals surface area contributed by atoms with E-state index < -0.39 is 0 Å². The van der Waals surface area contributed by atoms with Gasteiger partial charge in [-0.1, -0.05) is 6.07 Å². The average molecular weight is 260 g/mol. The SMILES string of the molecule is CCOC1CCCN(C2CCc3cc(N)ccc32)C1. The zero-order valence-electron chi connectivity index (χ0n) is 11.8. The predicted octanol–water partition coefficient (Wildman–Crippen LogP) is 2.76. The summed E-state index contributed by atoms with van der Waals surface area (Å²) in [6.45, 7) is 5.21. The van der Waals surface area contributed by atoms with Crippen LogP contribution in [0.4, 0.5) is 5.69 Å². The summed E-state index contributed by atoms with van der Waals surface area (Å²) in [6, 6.07) is 7.01. The minimum absolute atomic E-state index is 0.427. The highest BCUT2D eigenvalue weighted by molar-refractivity contribution is 5.47. The second-order valence-electron chi connectivity index (χ2n) is 5.73. The summed E-state index contributed by atoms with van der Waals surface area (Å²) in [5, 5.41) is 0. The molecule has 0 amide bonds. The maximum atomic E-state index is 5.88. The lowest BCUT2D eigenvalue weighted by Crippen LogP contribution is -2.41. The van der Waals surface area contributed by atoms with Crippen LogP contribution in [0.25, 0.3) is 0 Å². The van der Waals surface area contributed by atoms with E-state index in [-0.39, 0.29) is 0 Å². The molecule has 3 rings (SSSR count). The quantitative estimate of drug-likeness (QED) is 0.849. The number of anilines is 1. The smallest absolute Gasteiger partial charge is 0.0702 e. The Morgan fingerprint density at radius 2 is 2.26 bits per heavy atom. The molecule has 1 saturated heterocycles. The fourth-order valence-electron chi connectivity index (χ4n) is 3.62. The van der Waals surface area contributed by atoms with Gasteiger partial charge < -0.3 is 10.5 Å². The van der Waals surface area contributed by atoms with Crippen LogP contribution >= 0.6 is 0 Å². The highest BCUT2D eigenvalue weighted by Crippen LogP contribution is 2.38. The molecule has 1 heterocycles. The van der Waals surface area contributed by atoms with Gasteiger partial charge in [-0.15, -0.1) is 0 Å². The fraction of sp³-hybridized carbons (Fsp3) is 0.625. The van der Waals surface area contributed by atoms with Crippen molar-refractivity contribution in [2.24, 2.45) is 0 Å². The number of rotatable bonds is 3. The van der Waals surface area contributed by atoms with Gasteiger partial charge in [-0.05, 0) is 62.4 Å². The predicted molar refractivity (Wildman–Crippen MR) is 78.1 cm³/mol. The molecule has 0 radical (unpaired) electrons. The Morgan fingerprint density at radius 1 is 1.37 bits per heavy atom. The molecule has 2 N–H and O–H groups in total. The third kappa shape index (κ3) is 2.63. The molecule has 2 unspecified atom stereocenters. The van der Waals surface area contributed by atoms with E-state index in [0.29, 0.717) is 12.1 Å². The highest BCUT2D eigenvalue weighted by atomic mass is 16.5. The van der Waals surface area contributed by atoms with Crippen molar-refractivity contribution in [1.29, 1.82) is 0 Å². The van der Waals surface area contributed by atoms with Crippen molar-refractivity contribution in [3.8, 4) is 0 Å². The third-order valence-corrected chi connectivity index (χ3v) is 4.47. The molecule has 1 fully saturated rings. The average Bonchev–Trinajstić information content (AvgIpc) is 2.82. The number of likely N-dealkylation sites (tertiary alicyclic amines) is 1. The van der Waals surface area contributed by atoms with E-state index in [0.717, 1.165) is 18.8 Å². The molecule has 1 aromatic rings. The molecule has 0 aromatic heterocycles. The molecule has 1 aliphatic carbocycles. The number of piperidine rings is 1. The van der Waals surface area contributed by atoms with E-state index in [2.05, 4.69) is 24.0 Å². The number of nitrogens with zero attached hydrogens (tertiary/aromatic N) is 1. The van der Waals surface area contributed by atoms with Crippen LogP contribution in [0.2, 0.25) is 0 Å². The van der Waals surface area contributed by atoms with Crippen molar-refractivity contribution >= 4 is 5.69 Å². The van der Waals surface area contributed by atoms with Crippen LogP contribution in [0, 0.1) is 0 Å².